The monoisotopic (exact) mass is 606 g/mol. The van der Waals surface area contributed by atoms with Gasteiger partial charge in [-0.25, -0.2) is 4.79 Å². The molecule has 148 valence electrons. The first-order chi connectivity index (χ1) is 13.1. The summed E-state index contributed by atoms with van der Waals surface area (Å²) < 4.78 is 4.92. The Labute approximate surface area is 189 Å². The van der Waals surface area contributed by atoms with E-state index in [9.17, 15) is 9.90 Å². The first kappa shape index (κ1) is 22.8. The molecule has 0 aromatic heterocycles. The number of aliphatic hydroxyl groups excluding tert-OH is 1. The molecule has 0 saturated carbocycles. The molecular formula is C21H26N3O3U-. The summed E-state index contributed by atoms with van der Waals surface area (Å²) in [6.45, 7) is 4.11. The molecule has 2 aromatic carbocycles. The van der Waals surface area contributed by atoms with Crippen LogP contribution < -0.4 is 10.6 Å². The largest absolute Gasteiger partial charge is 0.659 e. The number of benzene rings is 2. The molecule has 0 radical (unpaired) electrons. The van der Waals surface area contributed by atoms with E-state index in [-0.39, 0.29) is 31.1 Å². The molecule has 3 N–H and O–H groups in total. The first-order valence-electron chi connectivity index (χ1n) is 9.30. The number of carbonyl (C=O) groups excluding carboxylic acids is 1. The molecule has 1 fully saturated rings. The zero-order valence-corrected chi connectivity index (χ0v) is 20.0. The maximum Gasteiger partial charge on any atom is 0.405 e. The van der Waals surface area contributed by atoms with E-state index in [4.69, 9.17) is 10.5 Å². The smallest absolute Gasteiger partial charge is 0.405 e. The molecule has 1 saturated heterocycles. The second kappa shape index (κ2) is 11.5. The summed E-state index contributed by atoms with van der Waals surface area (Å²) in [6.07, 6.45) is -0.735. The zero-order chi connectivity index (χ0) is 19.1. The number of carbonyl (C=O) groups is 1. The van der Waals surface area contributed by atoms with Crippen LogP contribution in [0.15, 0.2) is 54.6 Å². The van der Waals surface area contributed by atoms with Gasteiger partial charge in [0, 0.05) is 36.8 Å². The molecule has 4 rings (SSSR count). The van der Waals surface area contributed by atoms with Crippen molar-refractivity contribution in [3.05, 3.63) is 71.0 Å². The van der Waals surface area contributed by atoms with Crippen LogP contribution in [-0.4, -0.2) is 43.5 Å². The Kier molecular flexibility index (Phi) is 9.33. The molecule has 0 bridgehead atoms. The number of aryl methyl sites for hydroxylation is 1. The number of hydrogen-bond donors (Lipinski definition) is 2. The molecule has 7 heteroatoms. The quantitative estimate of drug-likeness (QED) is 0.551. The van der Waals surface area contributed by atoms with Crippen molar-refractivity contribution in [2.75, 3.05) is 31.1 Å². The SMILES string of the molecule is NC(=O)OC1c2ccccc2CCC1O.[U].c1ccc(N2CC[N-]CC2)cc1. The summed E-state index contributed by atoms with van der Waals surface area (Å²) >= 11 is 0. The molecule has 6 nitrogen and oxygen atoms in total. The number of ether oxygens (including phenoxy) is 1. The molecule has 2 atom stereocenters. The number of fused-ring (bicyclic) bond motifs is 1. The molecule has 1 aliphatic carbocycles. The number of para-hydroxylation sites is 1. The number of primary amides is 1. The number of nitrogens with two attached hydrogens (primary N) is 1. The molecule has 2 unspecified atom stereocenters. The Bertz CT molecular complexity index is 739. The minimum atomic E-state index is -0.851. The number of piperazine rings is 1. The van der Waals surface area contributed by atoms with Crippen molar-refractivity contribution in [2.24, 2.45) is 5.73 Å². The van der Waals surface area contributed by atoms with Crippen LogP contribution in [0, 0.1) is 31.1 Å². The number of amides is 1. The predicted octanol–water partition coefficient (Wildman–Crippen LogP) is 3.01. The molecule has 2 aromatic rings. The second-order valence-electron chi connectivity index (χ2n) is 6.66. The standard InChI is InChI=1S/C11H13NO3.C10H13N2.U/c12-11(14)15-10-8-4-2-1-3-7(8)5-6-9(10)13;1-2-4-10(5-3-1)12-8-6-11-7-9-12;/h1-4,9-10,13H,5-6H2,(H2,12,14);1-5H,6-9H2;/q;-1;. The molecule has 2 aliphatic rings. The van der Waals surface area contributed by atoms with Crippen LogP contribution in [0.5, 0.6) is 0 Å². The molecule has 0 spiro atoms. The Balaban J connectivity index is 0.000000198. The third-order valence-corrected chi connectivity index (χ3v) is 4.84. The number of rotatable bonds is 2. The predicted molar refractivity (Wildman–Crippen MR) is 106 cm³/mol. The summed E-state index contributed by atoms with van der Waals surface area (Å²) in [5, 5.41) is 14.0. The van der Waals surface area contributed by atoms with Gasteiger partial charge in [0.15, 0.2) is 6.10 Å². The summed E-state index contributed by atoms with van der Waals surface area (Å²) in [7, 11) is 0. The third kappa shape index (κ3) is 6.25. The van der Waals surface area contributed by atoms with Crippen LogP contribution >= 0.6 is 0 Å². The molecular weight excluding hydrogens is 580 g/mol. The maximum absolute atomic E-state index is 10.7. The van der Waals surface area contributed by atoms with E-state index >= 15 is 0 Å². The number of anilines is 1. The maximum atomic E-state index is 10.7. The number of aliphatic hydroxyl groups is 1. The van der Waals surface area contributed by atoms with Gasteiger partial charge in [-0.1, -0.05) is 42.5 Å². The van der Waals surface area contributed by atoms with Crippen LogP contribution in [-0.2, 0) is 11.2 Å². The minimum Gasteiger partial charge on any atom is -0.659 e. The first-order valence-corrected chi connectivity index (χ1v) is 9.30. The summed E-state index contributed by atoms with van der Waals surface area (Å²) in [5.74, 6) is 0. The van der Waals surface area contributed by atoms with Crippen molar-refractivity contribution in [2.45, 2.75) is 25.0 Å². The van der Waals surface area contributed by atoms with E-state index in [1.54, 1.807) is 0 Å². The zero-order valence-electron chi connectivity index (χ0n) is 15.8. The summed E-state index contributed by atoms with van der Waals surface area (Å²) in [4.78, 5) is 13.1. The Morgan fingerprint density at radius 1 is 1.07 bits per heavy atom. The Hall–Kier alpha value is -1.52. The molecule has 1 heterocycles. The molecule has 1 aliphatic heterocycles. The summed E-state index contributed by atoms with van der Waals surface area (Å²) in [5.41, 5.74) is 8.26. The normalized spacial score (nSPS) is 20.7. The van der Waals surface area contributed by atoms with Gasteiger partial charge in [0.05, 0.1) is 6.10 Å². The Morgan fingerprint density at radius 3 is 2.39 bits per heavy atom. The van der Waals surface area contributed by atoms with Crippen LogP contribution in [0.4, 0.5) is 10.5 Å². The van der Waals surface area contributed by atoms with E-state index in [1.165, 1.54) is 5.69 Å². The number of nitrogens with zero attached hydrogens (tertiary/aromatic N) is 2. The Morgan fingerprint density at radius 2 is 1.71 bits per heavy atom. The van der Waals surface area contributed by atoms with Crippen molar-refractivity contribution in [3.63, 3.8) is 0 Å². The van der Waals surface area contributed by atoms with Crippen molar-refractivity contribution >= 4 is 11.8 Å². The molecule has 1 amide bonds. The van der Waals surface area contributed by atoms with Gasteiger partial charge in [-0.15, -0.1) is 13.1 Å². The average molecular weight is 606 g/mol. The van der Waals surface area contributed by atoms with Gasteiger partial charge in [0.25, 0.3) is 0 Å². The van der Waals surface area contributed by atoms with Gasteiger partial charge in [-0.05, 0) is 49.2 Å². The third-order valence-electron chi connectivity index (χ3n) is 4.84. The van der Waals surface area contributed by atoms with E-state index in [0.717, 1.165) is 43.7 Å². The van der Waals surface area contributed by atoms with Gasteiger partial charge < -0.3 is 25.8 Å². The topological polar surface area (TPSA) is 89.9 Å². The van der Waals surface area contributed by atoms with Crippen LogP contribution in [0.2, 0.25) is 0 Å². The van der Waals surface area contributed by atoms with Crippen LogP contribution in [0.3, 0.4) is 0 Å². The fourth-order valence-electron chi connectivity index (χ4n) is 3.47. The van der Waals surface area contributed by atoms with E-state index in [1.807, 2.05) is 24.3 Å². The van der Waals surface area contributed by atoms with E-state index in [2.05, 4.69) is 40.5 Å². The average Bonchev–Trinajstić information content (AvgIpc) is 2.72. The summed E-state index contributed by atoms with van der Waals surface area (Å²) in [6, 6.07) is 18.1. The van der Waals surface area contributed by atoms with Crippen molar-refractivity contribution < 1.29 is 45.8 Å². The van der Waals surface area contributed by atoms with Gasteiger partial charge in [-0.3, -0.25) is 0 Å². The van der Waals surface area contributed by atoms with Crippen LogP contribution in [0.25, 0.3) is 5.32 Å². The van der Waals surface area contributed by atoms with Crippen LogP contribution in [0.1, 0.15) is 23.7 Å². The minimum absolute atomic E-state index is 0. The van der Waals surface area contributed by atoms with E-state index in [0.29, 0.717) is 6.42 Å². The second-order valence-corrected chi connectivity index (χ2v) is 6.66. The van der Waals surface area contributed by atoms with Gasteiger partial charge in [0.2, 0.25) is 0 Å². The van der Waals surface area contributed by atoms with Crippen molar-refractivity contribution in [1.82, 2.24) is 0 Å². The van der Waals surface area contributed by atoms with Gasteiger partial charge >= 0.3 is 6.09 Å². The molecule has 28 heavy (non-hydrogen) atoms. The number of hydrogen-bond acceptors (Lipinski definition) is 4. The van der Waals surface area contributed by atoms with Crippen molar-refractivity contribution in [1.29, 1.82) is 0 Å². The van der Waals surface area contributed by atoms with Gasteiger partial charge in [0.1, 0.15) is 0 Å². The fourth-order valence-corrected chi connectivity index (χ4v) is 3.47. The van der Waals surface area contributed by atoms with E-state index < -0.39 is 18.3 Å². The van der Waals surface area contributed by atoms with Gasteiger partial charge in [-0.2, -0.15) is 0 Å². The fraction of sp³-hybridized carbons (Fsp3) is 0.381. The van der Waals surface area contributed by atoms with Crippen molar-refractivity contribution in [3.8, 4) is 0 Å².